The SMILES string of the molecule is CCOC(=O)C1C2COc3ccc(OC)cc3C2N2C(=O)CN(C)C(=O)[C@@]12C. The van der Waals surface area contributed by atoms with E-state index in [9.17, 15) is 14.4 Å². The maximum absolute atomic E-state index is 13.2. The molecule has 8 heteroatoms. The van der Waals surface area contributed by atoms with Crippen molar-refractivity contribution in [1.82, 2.24) is 9.80 Å². The molecule has 0 bridgehead atoms. The molecule has 0 spiro atoms. The van der Waals surface area contributed by atoms with Gasteiger partial charge in [0, 0.05) is 18.5 Å². The molecule has 4 rings (SSSR count). The van der Waals surface area contributed by atoms with Crippen LogP contribution in [0.2, 0.25) is 0 Å². The Hall–Kier alpha value is -2.77. The average Bonchev–Trinajstić information content (AvgIpc) is 2.96. The van der Waals surface area contributed by atoms with Crippen molar-refractivity contribution in [3.8, 4) is 11.5 Å². The Morgan fingerprint density at radius 3 is 2.79 bits per heavy atom. The van der Waals surface area contributed by atoms with Crippen molar-refractivity contribution < 1.29 is 28.6 Å². The summed E-state index contributed by atoms with van der Waals surface area (Å²) in [5.41, 5.74) is -0.570. The number of rotatable bonds is 3. The van der Waals surface area contributed by atoms with E-state index in [0.29, 0.717) is 11.5 Å². The molecule has 0 aliphatic carbocycles. The molecule has 0 aromatic heterocycles. The van der Waals surface area contributed by atoms with Crippen molar-refractivity contribution in [2.45, 2.75) is 25.4 Å². The average molecular weight is 388 g/mol. The number of hydrogen-bond acceptors (Lipinski definition) is 6. The van der Waals surface area contributed by atoms with Crippen LogP contribution in [0.1, 0.15) is 25.5 Å². The second-order valence-corrected chi connectivity index (χ2v) is 7.63. The fourth-order valence-corrected chi connectivity index (χ4v) is 5.01. The highest BCUT2D eigenvalue weighted by Crippen LogP contribution is 2.56. The summed E-state index contributed by atoms with van der Waals surface area (Å²) in [6.45, 7) is 3.80. The normalized spacial score (nSPS) is 30.9. The van der Waals surface area contributed by atoms with Gasteiger partial charge in [0.2, 0.25) is 11.8 Å². The van der Waals surface area contributed by atoms with Crippen LogP contribution in [-0.4, -0.2) is 67.0 Å². The molecule has 2 fully saturated rings. The molecule has 3 unspecified atom stereocenters. The number of carbonyl (C=O) groups is 3. The van der Waals surface area contributed by atoms with Crippen LogP contribution in [-0.2, 0) is 19.1 Å². The van der Waals surface area contributed by atoms with E-state index in [4.69, 9.17) is 14.2 Å². The summed E-state index contributed by atoms with van der Waals surface area (Å²) >= 11 is 0. The van der Waals surface area contributed by atoms with E-state index in [0.717, 1.165) is 5.56 Å². The molecule has 0 radical (unpaired) electrons. The fraction of sp³-hybridized carbons (Fsp3) is 0.550. The summed E-state index contributed by atoms with van der Waals surface area (Å²) in [4.78, 5) is 42.2. The smallest absolute Gasteiger partial charge is 0.312 e. The molecule has 3 heterocycles. The first kappa shape index (κ1) is 18.6. The van der Waals surface area contributed by atoms with Crippen molar-refractivity contribution in [3.63, 3.8) is 0 Å². The molecule has 3 aliphatic heterocycles. The Morgan fingerprint density at radius 1 is 1.36 bits per heavy atom. The third-order valence-electron chi connectivity index (χ3n) is 6.15. The van der Waals surface area contributed by atoms with Crippen molar-refractivity contribution in [2.24, 2.45) is 11.8 Å². The van der Waals surface area contributed by atoms with Gasteiger partial charge in [-0.05, 0) is 32.0 Å². The van der Waals surface area contributed by atoms with Crippen LogP contribution < -0.4 is 9.47 Å². The Morgan fingerprint density at radius 2 is 2.11 bits per heavy atom. The maximum atomic E-state index is 13.2. The number of methoxy groups -OCH3 is 1. The lowest BCUT2D eigenvalue weighted by atomic mass is 9.77. The molecule has 1 aromatic carbocycles. The summed E-state index contributed by atoms with van der Waals surface area (Å²) in [5, 5.41) is 0. The summed E-state index contributed by atoms with van der Waals surface area (Å²) in [5.74, 6) is -0.871. The van der Waals surface area contributed by atoms with E-state index < -0.39 is 23.5 Å². The quantitative estimate of drug-likeness (QED) is 0.718. The van der Waals surface area contributed by atoms with Gasteiger partial charge in [0.15, 0.2) is 0 Å². The zero-order valence-electron chi connectivity index (χ0n) is 16.4. The number of hydrogen-bond donors (Lipinski definition) is 0. The lowest BCUT2D eigenvalue weighted by molar-refractivity contribution is -0.169. The molecule has 28 heavy (non-hydrogen) atoms. The van der Waals surface area contributed by atoms with Crippen LogP contribution in [0.3, 0.4) is 0 Å². The standard InChI is InChI=1S/C20H24N2O6/c1-5-27-18(24)16-13-10-28-14-7-6-11(26-4)8-12(14)17(13)22-15(23)9-21(3)19(25)20(16,22)2/h6-8,13,16-17H,5,9-10H2,1-4H3/t13?,16?,17?,20-/m1/s1. The van der Waals surface area contributed by atoms with Crippen LogP contribution in [0.5, 0.6) is 11.5 Å². The lowest BCUT2D eigenvalue weighted by Crippen LogP contribution is -2.66. The fourth-order valence-electron chi connectivity index (χ4n) is 5.01. The van der Waals surface area contributed by atoms with Crippen molar-refractivity contribution in [2.75, 3.05) is 33.9 Å². The van der Waals surface area contributed by atoms with Gasteiger partial charge in [0.05, 0.1) is 38.8 Å². The molecule has 4 atom stereocenters. The third kappa shape index (κ3) is 2.33. The van der Waals surface area contributed by atoms with Gasteiger partial charge in [-0.25, -0.2) is 0 Å². The molecular weight excluding hydrogens is 364 g/mol. The molecule has 8 nitrogen and oxygen atoms in total. The van der Waals surface area contributed by atoms with Gasteiger partial charge in [-0.15, -0.1) is 0 Å². The van der Waals surface area contributed by atoms with E-state index in [1.54, 1.807) is 45.0 Å². The van der Waals surface area contributed by atoms with Crippen LogP contribution in [0.4, 0.5) is 0 Å². The number of esters is 1. The Balaban J connectivity index is 1.91. The highest BCUT2D eigenvalue weighted by Gasteiger charge is 2.68. The van der Waals surface area contributed by atoms with Gasteiger partial charge in [-0.2, -0.15) is 0 Å². The number of benzene rings is 1. The highest BCUT2D eigenvalue weighted by molar-refractivity contribution is 6.02. The van der Waals surface area contributed by atoms with Crippen LogP contribution in [0, 0.1) is 11.8 Å². The van der Waals surface area contributed by atoms with E-state index >= 15 is 0 Å². The molecule has 1 aromatic rings. The van der Waals surface area contributed by atoms with E-state index in [2.05, 4.69) is 0 Å². The van der Waals surface area contributed by atoms with E-state index in [-0.39, 0.29) is 37.5 Å². The first-order valence-corrected chi connectivity index (χ1v) is 9.39. The second kappa shape index (κ2) is 6.39. The predicted octanol–water partition coefficient (Wildman–Crippen LogP) is 0.997. The first-order valence-electron chi connectivity index (χ1n) is 9.39. The third-order valence-corrected chi connectivity index (χ3v) is 6.15. The number of nitrogens with zero attached hydrogens (tertiary/aromatic N) is 2. The van der Waals surface area contributed by atoms with Gasteiger partial charge in [-0.1, -0.05) is 0 Å². The molecule has 3 aliphatic rings. The Kier molecular flexibility index (Phi) is 4.24. The minimum absolute atomic E-state index is 0.0205. The van der Waals surface area contributed by atoms with Gasteiger partial charge in [0.25, 0.3) is 0 Å². The number of fused-ring (bicyclic) bond motifs is 5. The maximum Gasteiger partial charge on any atom is 0.312 e. The van der Waals surface area contributed by atoms with Gasteiger partial charge < -0.3 is 24.0 Å². The zero-order valence-corrected chi connectivity index (χ0v) is 16.4. The minimum atomic E-state index is -1.32. The number of piperazine rings is 1. The summed E-state index contributed by atoms with van der Waals surface area (Å²) in [6.07, 6.45) is 0. The predicted molar refractivity (Wildman–Crippen MR) is 97.7 cm³/mol. The molecule has 0 N–H and O–H groups in total. The number of carbonyl (C=O) groups excluding carboxylic acids is 3. The topological polar surface area (TPSA) is 85.4 Å². The molecular formula is C20H24N2O6. The summed E-state index contributed by atoms with van der Waals surface area (Å²) in [7, 11) is 3.15. The molecule has 0 saturated carbocycles. The second-order valence-electron chi connectivity index (χ2n) is 7.63. The zero-order chi connectivity index (χ0) is 20.2. The number of ether oxygens (including phenoxy) is 3. The number of amides is 2. The van der Waals surface area contributed by atoms with Crippen LogP contribution >= 0.6 is 0 Å². The number of likely N-dealkylation sites (N-methyl/N-ethyl adjacent to an activating group) is 1. The van der Waals surface area contributed by atoms with Crippen molar-refractivity contribution in [3.05, 3.63) is 23.8 Å². The first-order chi connectivity index (χ1) is 13.3. The lowest BCUT2D eigenvalue weighted by Gasteiger charge is -2.45. The van der Waals surface area contributed by atoms with Crippen LogP contribution in [0.25, 0.3) is 0 Å². The van der Waals surface area contributed by atoms with E-state index in [1.165, 1.54) is 4.90 Å². The Bertz CT molecular complexity index is 855. The van der Waals surface area contributed by atoms with E-state index in [1.807, 2.05) is 6.07 Å². The van der Waals surface area contributed by atoms with Crippen molar-refractivity contribution >= 4 is 17.8 Å². The molecule has 2 amide bonds. The largest absolute Gasteiger partial charge is 0.497 e. The van der Waals surface area contributed by atoms with Gasteiger partial charge in [0.1, 0.15) is 17.0 Å². The van der Waals surface area contributed by atoms with Gasteiger partial charge >= 0.3 is 5.97 Å². The van der Waals surface area contributed by atoms with Crippen LogP contribution in [0.15, 0.2) is 18.2 Å². The molecule has 2 saturated heterocycles. The molecule has 150 valence electrons. The van der Waals surface area contributed by atoms with Gasteiger partial charge in [-0.3, -0.25) is 14.4 Å². The highest BCUT2D eigenvalue weighted by atomic mass is 16.5. The summed E-state index contributed by atoms with van der Waals surface area (Å²) in [6, 6.07) is 4.94. The summed E-state index contributed by atoms with van der Waals surface area (Å²) < 4.78 is 16.6. The van der Waals surface area contributed by atoms with Crippen molar-refractivity contribution in [1.29, 1.82) is 0 Å². The monoisotopic (exact) mass is 388 g/mol. The Labute approximate surface area is 163 Å². The minimum Gasteiger partial charge on any atom is -0.497 e.